The SMILES string of the molecule is C[C@@H](NC(=O)COC(=O)c1ccccc1Oc1ccccc1)C1CC1. The van der Waals surface area contributed by atoms with Crippen molar-refractivity contribution >= 4 is 11.9 Å². The average Bonchev–Trinajstić information content (AvgIpc) is 3.46. The lowest BCUT2D eigenvalue weighted by atomic mass is 10.2. The molecule has 1 aliphatic carbocycles. The molecule has 5 heteroatoms. The van der Waals surface area contributed by atoms with Crippen LogP contribution in [0.2, 0.25) is 0 Å². The van der Waals surface area contributed by atoms with Crippen molar-refractivity contribution in [2.45, 2.75) is 25.8 Å². The standard InChI is InChI=1S/C20H21NO4/c1-14(15-11-12-15)21-19(22)13-24-20(23)17-9-5-6-10-18(17)25-16-7-3-2-4-8-16/h2-10,14-15H,11-13H2,1H3,(H,21,22)/t14-/m1/s1. The maximum absolute atomic E-state index is 12.3. The summed E-state index contributed by atoms with van der Waals surface area (Å²) in [6.45, 7) is 1.68. The van der Waals surface area contributed by atoms with E-state index in [1.54, 1.807) is 36.4 Å². The molecule has 0 saturated heterocycles. The molecule has 0 radical (unpaired) electrons. The predicted octanol–water partition coefficient (Wildman–Crippen LogP) is 3.55. The fourth-order valence-electron chi connectivity index (χ4n) is 2.56. The second-order valence-corrected chi connectivity index (χ2v) is 6.18. The highest BCUT2D eigenvalue weighted by molar-refractivity contribution is 5.94. The molecule has 130 valence electrons. The van der Waals surface area contributed by atoms with Crippen molar-refractivity contribution in [3.63, 3.8) is 0 Å². The van der Waals surface area contributed by atoms with E-state index < -0.39 is 5.97 Å². The van der Waals surface area contributed by atoms with E-state index >= 15 is 0 Å². The number of carbonyl (C=O) groups is 2. The Morgan fingerprint density at radius 1 is 1.08 bits per heavy atom. The zero-order valence-electron chi connectivity index (χ0n) is 14.1. The minimum Gasteiger partial charge on any atom is -0.456 e. The van der Waals surface area contributed by atoms with Gasteiger partial charge in [0.2, 0.25) is 0 Å². The van der Waals surface area contributed by atoms with Crippen molar-refractivity contribution in [2.75, 3.05) is 6.61 Å². The van der Waals surface area contributed by atoms with E-state index in [1.165, 1.54) is 0 Å². The first-order valence-corrected chi connectivity index (χ1v) is 8.42. The van der Waals surface area contributed by atoms with Gasteiger partial charge in [-0.25, -0.2) is 4.79 Å². The maximum atomic E-state index is 12.3. The maximum Gasteiger partial charge on any atom is 0.342 e. The molecule has 0 heterocycles. The van der Waals surface area contributed by atoms with Crippen LogP contribution in [-0.2, 0) is 9.53 Å². The second kappa shape index (κ2) is 7.83. The van der Waals surface area contributed by atoms with Crippen LogP contribution in [0.3, 0.4) is 0 Å². The molecule has 25 heavy (non-hydrogen) atoms. The Kier molecular flexibility index (Phi) is 5.33. The molecule has 0 unspecified atom stereocenters. The van der Waals surface area contributed by atoms with Gasteiger partial charge in [0, 0.05) is 6.04 Å². The zero-order chi connectivity index (χ0) is 17.6. The molecule has 2 aromatic carbocycles. The molecule has 1 atom stereocenters. The number of benzene rings is 2. The third-order valence-corrected chi connectivity index (χ3v) is 4.13. The number of rotatable bonds is 7. The van der Waals surface area contributed by atoms with Crippen LogP contribution in [0.5, 0.6) is 11.5 Å². The average molecular weight is 339 g/mol. The summed E-state index contributed by atoms with van der Waals surface area (Å²) in [4.78, 5) is 24.2. The summed E-state index contributed by atoms with van der Waals surface area (Å²) in [6, 6.07) is 16.1. The van der Waals surface area contributed by atoms with Gasteiger partial charge in [-0.3, -0.25) is 4.79 Å². The Bertz CT molecular complexity index is 740. The summed E-state index contributed by atoms with van der Waals surface area (Å²) < 4.78 is 10.9. The summed E-state index contributed by atoms with van der Waals surface area (Å²) in [5.41, 5.74) is 0.286. The van der Waals surface area contributed by atoms with Gasteiger partial charge in [0.15, 0.2) is 6.61 Å². The van der Waals surface area contributed by atoms with Gasteiger partial charge in [0.1, 0.15) is 17.1 Å². The van der Waals surface area contributed by atoms with Crippen LogP contribution >= 0.6 is 0 Å². The van der Waals surface area contributed by atoms with Crippen LogP contribution in [0.4, 0.5) is 0 Å². The normalized spacial score (nSPS) is 14.4. The van der Waals surface area contributed by atoms with Crippen LogP contribution in [0.25, 0.3) is 0 Å². The van der Waals surface area contributed by atoms with E-state index in [-0.39, 0.29) is 24.1 Å². The van der Waals surface area contributed by atoms with Crippen LogP contribution in [0, 0.1) is 5.92 Å². The Hall–Kier alpha value is -2.82. The molecule has 0 aromatic heterocycles. The Morgan fingerprint density at radius 2 is 1.76 bits per heavy atom. The van der Waals surface area contributed by atoms with Crippen LogP contribution in [0.1, 0.15) is 30.1 Å². The first-order valence-electron chi connectivity index (χ1n) is 8.42. The molecule has 0 spiro atoms. The fraction of sp³-hybridized carbons (Fsp3) is 0.300. The first kappa shape index (κ1) is 17.0. The molecule has 0 aliphatic heterocycles. The largest absolute Gasteiger partial charge is 0.456 e. The first-order chi connectivity index (χ1) is 12.1. The lowest BCUT2D eigenvalue weighted by molar-refractivity contribution is -0.125. The van der Waals surface area contributed by atoms with E-state index in [0.717, 1.165) is 12.8 Å². The zero-order valence-corrected chi connectivity index (χ0v) is 14.1. The van der Waals surface area contributed by atoms with Gasteiger partial charge in [0.05, 0.1) is 0 Å². The highest BCUT2D eigenvalue weighted by atomic mass is 16.5. The summed E-state index contributed by atoms with van der Waals surface area (Å²) in [5.74, 6) is 0.707. The number of carbonyl (C=O) groups excluding carboxylic acids is 2. The molecule has 2 aromatic rings. The minimum atomic E-state index is -0.583. The molecular formula is C20H21NO4. The Morgan fingerprint density at radius 3 is 2.48 bits per heavy atom. The molecule has 1 fully saturated rings. The third-order valence-electron chi connectivity index (χ3n) is 4.13. The Labute approximate surface area is 147 Å². The molecule has 5 nitrogen and oxygen atoms in total. The number of hydrogen-bond acceptors (Lipinski definition) is 4. The molecule has 1 saturated carbocycles. The Balaban J connectivity index is 1.59. The third kappa shape index (κ3) is 4.83. The summed E-state index contributed by atoms with van der Waals surface area (Å²) in [6.07, 6.45) is 2.29. The number of hydrogen-bond donors (Lipinski definition) is 1. The highest BCUT2D eigenvalue weighted by Crippen LogP contribution is 2.32. The molecule has 0 bridgehead atoms. The molecule has 1 N–H and O–H groups in total. The summed E-state index contributed by atoms with van der Waals surface area (Å²) >= 11 is 0. The number of para-hydroxylation sites is 2. The van der Waals surface area contributed by atoms with Crippen LogP contribution < -0.4 is 10.1 Å². The van der Waals surface area contributed by atoms with Gasteiger partial charge < -0.3 is 14.8 Å². The van der Waals surface area contributed by atoms with Gasteiger partial charge in [-0.1, -0.05) is 30.3 Å². The van der Waals surface area contributed by atoms with E-state index in [0.29, 0.717) is 17.4 Å². The number of nitrogens with one attached hydrogen (secondary N) is 1. The smallest absolute Gasteiger partial charge is 0.342 e. The number of esters is 1. The molecule has 3 rings (SSSR count). The lowest BCUT2D eigenvalue weighted by Gasteiger charge is -2.13. The number of amides is 1. The van der Waals surface area contributed by atoms with Crippen molar-refractivity contribution in [1.82, 2.24) is 5.32 Å². The van der Waals surface area contributed by atoms with Gasteiger partial charge in [0.25, 0.3) is 5.91 Å². The number of ether oxygens (including phenoxy) is 2. The van der Waals surface area contributed by atoms with Crippen molar-refractivity contribution < 1.29 is 19.1 Å². The quantitative estimate of drug-likeness (QED) is 0.784. The van der Waals surface area contributed by atoms with E-state index in [1.807, 2.05) is 25.1 Å². The van der Waals surface area contributed by atoms with Crippen molar-refractivity contribution in [1.29, 1.82) is 0 Å². The second-order valence-electron chi connectivity index (χ2n) is 6.18. The summed E-state index contributed by atoms with van der Waals surface area (Å²) in [5, 5.41) is 2.86. The molecule has 1 aliphatic rings. The van der Waals surface area contributed by atoms with E-state index in [2.05, 4.69) is 5.32 Å². The minimum absolute atomic E-state index is 0.125. The van der Waals surface area contributed by atoms with Gasteiger partial charge in [-0.05, 0) is 49.9 Å². The highest BCUT2D eigenvalue weighted by Gasteiger charge is 2.29. The van der Waals surface area contributed by atoms with Crippen LogP contribution in [0.15, 0.2) is 54.6 Å². The van der Waals surface area contributed by atoms with Crippen molar-refractivity contribution in [2.24, 2.45) is 5.92 Å². The van der Waals surface area contributed by atoms with Gasteiger partial charge >= 0.3 is 5.97 Å². The molecule has 1 amide bonds. The van der Waals surface area contributed by atoms with Gasteiger partial charge in [-0.2, -0.15) is 0 Å². The summed E-state index contributed by atoms with van der Waals surface area (Å²) in [7, 11) is 0. The van der Waals surface area contributed by atoms with Gasteiger partial charge in [-0.15, -0.1) is 0 Å². The monoisotopic (exact) mass is 339 g/mol. The molecular weight excluding hydrogens is 318 g/mol. The lowest BCUT2D eigenvalue weighted by Crippen LogP contribution is -2.37. The van der Waals surface area contributed by atoms with E-state index in [4.69, 9.17) is 9.47 Å². The van der Waals surface area contributed by atoms with Crippen LogP contribution in [-0.4, -0.2) is 24.5 Å². The topological polar surface area (TPSA) is 64.6 Å². The predicted molar refractivity (Wildman–Crippen MR) is 93.6 cm³/mol. The van der Waals surface area contributed by atoms with E-state index in [9.17, 15) is 9.59 Å². The fourth-order valence-corrected chi connectivity index (χ4v) is 2.56. The van der Waals surface area contributed by atoms with Crippen molar-refractivity contribution in [3.8, 4) is 11.5 Å². The van der Waals surface area contributed by atoms with Crippen molar-refractivity contribution in [3.05, 3.63) is 60.2 Å².